The molecule has 0 saturated carbocycles. The van der Waals surface area contributed by atoms with Crippen LogP contribution in [0.15, 0.2) is 18.3 Å². The summed E-state index contributed by atoms with van der Waals surface area (Å²) in [6, 6.07) is 3.62. The Bertz CT molecular complexity index is 592. The molecule has 0 bridgehead atoms. The summed E-state index contributed by atoms with van der Waals surface area (Å²) in [4.78, 5) is 20.8. The Balaban J connectivity index is 2.26. The molecule has 0 unspecified atom stereocenters. The van der Waals surface area contributed by atoms with Crippen LogP contribution in [0.3, 0.4) is 0 Å². The standard InChI is InChI=1S/C14H20N4O2/c1-4-20-14-17-11-6-5-8-15-12(11)18(14)13(19)16-9-7-10(2)3/h5-6,8,10H,4,7,9H2,1-3H3,(H,16,19). The molecule has 0 atom stereocenters. The number of pyridine rings is 1. The van der Waals surface area contributed by atoms with E-state index in [-0.39, 0.29) is 12.0 Å². The van der Waals surface area contributed by atoms with Crippen LogP contribution in [0.1, 0.15) is 27.2 Å². The third-order valence-corrected chi connectivity index (χ3v) is 2.86. The van der Waals surface area contributed by atoms with Gasteiger partial charge in [0.05, 0.1) is 6.61 Å². The maximum atomic E-state index is 12.3. The van der Waals surface area contributed by atoms with Crippen LogP contribution in [-0.2, 0) is 0 Å². The maximum absolute atomic E-state index is 12.3. The molecule has 0 saturated heterocycles. The Morgan fingerprint density at radius 1 is 1.50 bits per heavy atom. The van der Waals surface area contributed by atoms with Gasteiger partial charge in [0.25, 0.3) is 0 Å². The smallest absolute Gasteiger partial charge is 0.331 e. The second kappa shape index (κ2) is 6.36. The van der Waals surface area contributed by atoms with E-state index in [1.54, 1.807) is 12.3 Å². The summed E-state index contributed by atoms with van der Waals surface area (Å²) < 4.78 is 6.81. The summed E-state index contributed by atoms with van der Waals surface area (Å²) in [5, 5.41) is 2.87. The molecule has 2 aromatic rings. The van der Waals surface area contributed by atoms with Gasteiger partial charge in [-0.3, -0.25) is 0 Å². The first-order chi connectivity index (χ1) is 9.63. The number of imidazole rings is 1. The van der Waals surface area contributed by atoms with Gasteiger partial charge in [-0.25, -0.2) is 9.78 Å². The Kier molecular flexibility index (Phi) is 4.55. The number of hydrogen-bond acceptors (Lipinski definition) is 4. The largest absolute Gasteiger partial charge is 0.465 e. The predicted octanol–water partition coefficient (Wildman–Crippen LogP) is 2.43. The highest BCUT2D eigenvalue weighted by atomic mass is 16.5. The molecule has 1 amide bonds. The first-order valence-electron chi connectivity index (χ1n) is 6.88. The number of nitrogens with one attached hydrogen (secondary N) is 1. The summed E-state index contributed by atoms with van der Waals surface area (Å²) in [7, 11) is 0. The summed E-state index contributed by atoms with van der Waals surface area (Å²) in [5.74, 6) is 0.541. The molecule has 0 aliphatic rings. The average Bonchev–Trinajstić information content (AvgIpc) is 2.76. The van der Waals surface area contributed by atoms with E-state index < -0.39 is 0 Å². The number of hydrogen-bond donors (Lipinski definition) is 1. The summed E-state index contributed by atoms with van der Waals surface area (Å²) in [5.41, 5.74) is 1.16. The molecule has 20 heavy (non-hydrogen) atoms. The second-order valence-electron chi connectivity index (χ2n) is 4.92. The molecule has 6 heteroatoms. The van der Waals surface area contributed by atoms with Crippen LogP contribution in [0.4, 0.5) is 4.79 Å². The Hall–Kier alpha value is -2.11. The molecule has 1 N–H and O–H groups in total. The molecular formula is C14H20N4O2. The van der Waals surface area contributed by atoms with Gasteiger partial charge in [-0.15, -0.1) is 0 Å². The van der Waals surface area contributed by atoms with E-state index in [4.69, 9.17) is 4.74 Å². The molecule has 2 rings (SSSR count). The van der Waals surface area contributed by atoms with E-state index in [0.29, 0.717) is 30.2 Å². The number of rotatable bonds is 5. The highest BCUT2D eigenvalue weighted by Crippen LogP contribution is 2.18. The predicted molar refractivity (Wildman–Crippen MR) is 76.9 cm³/mol. The van der Waals surface area contributed by atoms with Gasteiger partial charge in [-0.1, -0.05) is 13.8 Å². The zero-order valence-corrected chi connectivity index (χ0v) is 12.1. The van der Waals surface area contributed by atoms with Gasteiger partial charge in [0, 0.05) is 12.7 Å². The van der Waals surface area contributed by atoms with E-state index in [1.165, 1.54) is 4.57 Å². The van der Waals surface area contributed by atoms with Gasteiger partial charge in [0.15, 0.2) is 5.65 Å². The lowest BCUT2D eigenvalue weighted by Crippen LogP contribution is -2.30. The monoisotopic (exact) mass is 276 g/mol. The summed E-state index contributed by atoms with van der Waals surface area (Å²) >= 11 is 0. The van der Waals surface area contributed by atoms with Crippen molar-refractivity contribution >= 4 is 17.2 Å². The Morgan fingerprint density at radius 2 is 2.30 bits per heavy atom. The lowest BCUT2D eigenvalue weighted by atomic mass is 10.1. The first kappa shape index (κ1) is 14.3. The number of aromatic nitrogens is 3. The normalized spacial score (nSPS) is 11.0. The van der Waals surface area contributed by atoms with E-state index in [2.05, 4.69) is 29.1 Å². The summed E-state index contributed by atoms with van der Waals surface area (Å²) in [6.45, 7) is 7.16. The first-order valence-corrected chi connectivity index (χ1v) is 6.88. The van der Waals surface area contributed by atoms with Crippen LogP contribution in [0, 0.1) is 5.92 Å². The molecule has 2 heterocycles. The van der Waals surface area contributed by atoms with Crippen LogP contribution in [0.25, 0.3) is 11.2 Å². The molecule has 6 nitrogen and oxygen atoms in total. The number of fused-ring (bicyclic) bond motifs is 1. The van der Waals surface area contributed by atoms with Crippen molar-refractivity contribution in [1.29, 1.82) is 0 Å². The van der Waals surface area contributed by atoms with Gasteiger partial charge >= 0.3 is 12.0 Å². The SMILES string of the molecule is CCOc1nc2cccnc2n1C(=O)NCCC(C)C. The van der Waals surface area contributed by atoms with Crippen LogP contribution in [-0.4, -0.2) is 33.7 Å². The van der Waals surface area contributed by atoms with Gasteiger partial charge in [0.1, 0.15) is 5.52 Å². The van der Waals surface area contributed by atoms with E-state index in [9.17, 15) is 4.79 Å². The lowest BCUT2D eigenvalue weighted by molar-refractivity contribution is 0.235. The van der Waals surface area contributed by atoms with Gasteiger partial charge in [0.2, 0.25) is 0 Å². The molecule has 108 valence electrons. The number of ether oxygens (including phenoxy) is 1. The topological polar surface area (TPSA) is 69.0 Å². The Labute approximate surface area is 118 Å². The average molecular weight is 276 g/mol. The molecule has 0 aliphatic carbocycles. The van der Waals surface area contributed by atoms with Crippen molar-refractivity contribution in [3.05, 3.63) is 18.3 Å². The maximum Gasteiger partial charge on any atom is 0.331 e. The van der Waals surface area contributed by atoms with Gasteiger partial charge < -0.3 is 10.1 Å². The minimum absolute atomic E-state index is 0.254. The number of carbonyl (C=O) groups is 1. The van der Waals surface area contributed by atoms with E-state index >= 15 is 0 Å². The molecule has 0 radical (unpaired) electrons. The lowest BCUT2D eigenvalue weighted by Gasteiger charge is -2.10. The van der Waals surface area contributed by atoms with E-state index in [1.807, 2.05) is 13.0 Å². The number of carbonyl (C=O) groups excluding carboxylic acids is 1. The Morgan fingerprint density at radius 3 is 3.00 bits per heavy atom. The highest BCUT2D eigenvalue weighted by Gasteiger charge is 2.18. The van der Waals surface area contributed by atoms with Crippen LogP contribution >= 0.6 is 0 Å². The van der Waals surface area contributed by atoms with Crippen LogP contribution < -0.4 is 10.1 Å². The molecular weight excluding hydrogens is 256 g/mol. The minimum atomic E-state index is -0.254. The van der Waals surface area contributed by atoms with Crippen molar-refractivity contribution in [2.75, 3.05) is 13.2 Å². The van der Waals surface area contributed by atoms with Crippen molar-refractivity contribution < 1.29 is 9.53 Å². The molecule has 0 aliphatic heterocycles. The number of nitrogens with zero attached hydrogens (tertiary/aromatic N) is 3. The van der Waals surface area contributed by atoms with Crippen molar-refractivity contribution in [1.82, 2.24) is 19.9 Å². The third-order valence-electron chi connectivity index (χ3n) is 2.86. The van der Waals surface area contributed by atoms with Gasteiger partial charge in [-0.2, -0.15) is 9.55 Å². The molecule has 2 aromatic heterocycles. The summed E-state index contributed by atoms with van der Waals surface area (Å²) in [6.07, 6.45) is 2.56. The zero-order chi connectivity index (χ0) is 14.5. The number of amides is 1. The third kappa shape index (κ3) is 3.07. The van der Waals surface area contributed by atoms with Crippen LogP contribution in [0.5, 0.6) is 6.01 Å². The van der Waals surface area contributed by atoms with Gasteiger partial charge in [-0.05, 0) is 31.4 Å². The van der Waals surface area contributed by atoms with Crippen LogP contribution in [0.2, 0.25) is 0 Å². The quantitative estimate of drug-likeness (QED) is 0.910. The van der Waals surface area contributed by atoms with E-state index in [0.717, 1.165) is 6.42 Å². The minimum Gasteiger partial charge on any atom is -0.465 e. The second-order valence-corrected chi connectivity index (χ2v) is 4.92. The van der Waals surface area contributed by atoms with Crippen molar-refractivity contribution in [2.24, 2.45) is 5.92 Å². The molecule has 0 aromatic carbocycles. The highest BCUT2D eigenvalue weighted by molar-refractivity contribution is 5.88. The van der Waals surface area contributed by atoms with Crippen molar-refractivity contribution in [3.63, 3.8) is 0 Å². The van der Waals surface area contributed by atoms with Crippen molar-refractivity contribution in [3.8, 4) is 6.01 Å². The zero-order valence-electron chi connectivity index (χ0n) is 12.1. The fraction of sp³-hybridized carbons (Fsp3) is 0.500. The molecule has 0 fully saturated rings. The molecule has 0 spiro atoms. The fourth-order valence-electron chi connectivity index (χ4n) is 1.85. The fourth-order valence-corrected chi connectivity index (χ4v) is 1.85. The van der Waals surface area contributed by atoms with Crippen molar-refractivity contribution in [2.45, 2.75) is 27.2 Å².